The normalized spacial score (nSPS) is 12.0. The molecule has 0 fully saturated rings. The van der Waals surface area contributed by atoms with E-state index >= 15 is 0 Å². The number of hydrogen-bond acceptors (Lipinski definition) is 3. The second-order valence-electron chi connectivity index (χ2n) is 6.48. The highest BCUT2D eigenvalue weighted by Gasteiger charge is 2.31. The molecule has 1 aromatic carbocycles. The Hall–Kier alpha value is -2.28. The van der Waals surface area contributed by atoms with Crippen LogP contribution in [0.15, 0.2) is 36.7 Å². The maximum absolute atomic E-state index is 12.8. The summed E-state index contributed by atoms with van der Waals surface area (Å²) in [4.78, 5) is 16.3. The predicted octanol–water partition coefficient (Wildman–Crippen LogP) is 5.22. The molecule has 0 unspecified atom stereocenters. The Morgan fingerprint density at radius 3 is 2.40 bits per heavy atom. The van der Waals surface area contributed by atoms with Crippen molar-refractivity contribution >= 4 is 28.9 Å². The minimum Gasteiger partial charge on any atom is -0.379 e. The lowest BCUT2D eigenvalue weighted by atomic mass is 10.1. The Bertz CT molecular complexity index is 785. The molecule has 1 aromatic heterocycles. The van der Waals surface area contributed by atoms with Gasteiger partial charge in [-0.05, 0) is 45.0 Å². The first-order chi connectivity index (χ1) is 11.5. The Morgan fingerprint density at radius 2 is 1.80 bits per heavy atom. The molecule has 2 aromatic rings. The Balaban J connectivity index is 2.24. The van der Waals surface area contributed by atoms with Crippen LogP contribution >= 0.6 is 11.6 Å². The molecule has 1 heterocycles. The van der Waals surface area contributed by atoms with Gasteiger partial charge in [-0.3, -0.25) is 9.78 Å². The van der Waals surface area contributed by atoms with E-state index in [2.05, 4.69) is 15.6 Å². The molecule has 134 valence electrons. The van der Waals surface area contributed by atoms with E-state index < -0.39 is 17.6 Å². The molecule has 0 radical (unpaired) electrons. The molecule has 0 spiro atoms. The van der Waals surface area contributed by atoms with Crippen molar-refractivity contribution < 1.29 is 18.0 Å². The average molecular weight is 372 g/mol. The lowest BCUT2D eigenvalue weighted by Gasteiger charge is -2.22. The van der Waals surface area contributed by atoms with Gasteiger partial charge in [0.2, 0.25) is 0 Å². The summed E-state index contributed by atoms with van der Waals surface area (Å²) in [5.74, 6) is -0.605. The molecule has 0 saturated heterocycles. The first-order valence-corrected chi connectivity index (χ1v) is 7.75. The van der Waals surface area contributed by atoms with Gasteiger partial charge in [0.15, 0.2) is 0 Å². The number of benzene rings is 1. The van der Waals surface area contributed by atoms with Gasteiger partial charge in [0.25, 0.3) is 5.91 Å². The van der Waals surface area contributed by atoms with Crippen molar-refractivity contribution in [3.63, 3.8) is 0 Å². The van der Waals surface area contributed by atoms with E-state index in [4.69, 9.17) is 11.6 Å². The van der Waals surface area contributed by atoms with Gasteiger partial charge in [0.1, 0.15) is 0 Å². The van der Waals surface area contributed by atoms with Gasteiger partial charge in [0.05, 0.1) is 27.5 Å². The fraction of sp³-hybridized carbons (Fsp3) is 0.294. The molecule has 0 bridgehead atoms. The molecule has 0 aliphatic rings. The van der Waals surface area contributed by atoms with Crippen LogP contribution in [0.5, 0.6) is 0 Å². The van der Waals surface area contributed by atoms with E-state index in [9.17, 15) is 18.0 Å². The summed E-state index contributed by atoms with van der Waals surface area (Å²) < 4.78 is 38.4. The average Bonchev–Trinajstić information content (AvgIpc) is 2.46. The van der Waals surface area contributed by atoms with Crippen molar-refractivity contribution in [3.05, 3.63) is 52.8 Å². The largest absolute Gasteiger partial charge is 0.416 e. The topological polar surface area (TPSA) is 54.0 Å². The molecular weight excluding hydrogens is 355 g/mol. The summed E-state index contributed by atoms with van der Waals surface area (Å²) in [5.41, 5.74) is -0.427. The summed E-state index contributed by atoms with van der Waals surface area (Å²) in [7, 11) is 0. The SMILES string of the molecule is CC(C)(C)Nc1cncc(C(=O)Nc2cc(C(F)(F)F)ccc2Cl)c1. The van der Waals surface area contributed by atoms with Crippen molar-refractivity contribution in [2.45, 2.75) is 32.5 Å². The number of aromatic nitrogens is 1. The van der Waals surface area contributed by atoms with E-state index in [1.165, 1.54) is 6.20 Å². The molecule has 0 aliphatic carbocycles. The van der Waals surface area contributed by atoms with Crippen LogP contribution in [-0.2, 0) is 6.18 Å². The van der Waals surface area contributed by atoms with Gasteiger partial charge in [-0.25, -0.2) is 0 Å². The summed E-state index contributed by atoms with van der Waals surface area (Å²) in [6.45, 7) is 5.84. The standard InChI is InChI=1S/C17H17ClF3N3O/c1-16(2,3)24-12-6-10(8-22-9-12)15(25)23-14-7-11(17(19,20)21)4-5-13(14)18/h4-9,24H,1-3H3,(H,23,25). The van der Waals surface area contributed by atoms with Gasteiger partial charge in [-0.1, -0.05) is 11.6 Å². The molecule has 8 heteroatoms. The molecule has 0 atom stereocenters. The summed E-state index contributed by atoms with van der Waals surface area (Å²) in [6, 6.07) is 4.31. The Morgan fingerprint density at radius 1 is 1.12 bits per heavy atom. The molecular formula is C17H17ClF3N3O. The number of amides is 1. The first-order valence-electron chi connectivity index (χ1n) is 7.37. The number of anilines is 2. The van der Waals surface area contributed by atoms with Crippen LogP contribution in [0, 0.1) is 0 Å². The van der Waals surface area contributed by atoms with Crippen LogP contribution < -0.4 is 10.6 Å². The zero-order valence-electron chi connectivity index (χ0n) is 13.8. The van der Waals surface area contributed by atoms with Crippen LogP contribution in [0.1, 0.15) is 36.7 Å². The van der Waals surface area contributed by atoms with E-state index in [-0.39, 0.29) is 21.8 Å². The minimum absolute atomic E-state index is 0.0123. The highest BCUT2D eigenvalue weighted by atomic mass is 35.5. The van der Waals surface area contributed by atoms with Crippen molar-refractivity contribution in [1.29, 1.82) is 0 Å². The number of hydrogen-bond donors (Lipinski definition) is 2. The predicted molar refractivity (Wildman–Crippen MR) is 92.0 cm³/mol. The van der Waals surface area contributed by atoms with E-state index in [0.29, 0.717) is 5.69 Å². The quantitative estimate of drug-likeness (QED) is 0.778. The van der Waals surface area contributed by atoms with Crippen molar-refractivity contribution in [3.8, 4) is 0 Å². The van der Waals surface area contributed by atoms with Gasteiger partial charge in [0, 0.05) is 17.9 Å². The van der Waals surface area contributed by atoms with Crippen molar-refractivity contribution in [2.24, 2.45) is 0 Å². The maximum Gasteiger partial charge on any atom is 0.416 e. The van der Waals surface area contributed by atoms with Crippen LogP contribution in [0.2, 0.25) is 5.02 Å². The number of nitrogens with zero attached hydrogens (tertiary/aromatic N) is 1. The van der Waals surface area contributed by atoms with E-state index in [1.54, 1.807) is 12.3 Å². The molecule has 2 N–H and O–H groups in total. The third-order valence-corrected chi connectivity index (χ3v) is 3.39. The minimum atomic E-state index is -4.53. The molecule has 2 rings (SSSR count). The van der Waals surface area contributed by atoms with Crippen LogP contribution in [-0.4, -0.2) is 16.4 Å². The van der Waals surface area contributed by atoms with Gasteiger partial charge < -0.3 is 10.6 Å². The number of pyridine rings is 1. The van der Waals surface area contributed by atoms with E-state index in [1.807, 2.05) is 20.8 Å². The summed E-state index contributed by atoms with van der Waals surface area (Å²) >= 11 is 5.89. The zero-order chi connectivity index (χ0) is 18.8. The van der Waals surface area contributed by atoms with Crippen LogP contribution in [0.25, 0.3) is 0 Å². The third-order valence-electron chi connectivity index (χ3n) is 3.06. The number of alkyl halides is 3. The lowest BCUT2D eigenvalue weighted by molar-refractivity contribution is -0.137. The molecule has 1 amide bonds. The number of carbonyl (C=O) groups is 1. The number of carbonyl (C=O) groups excluding carboxylic acids is 1. The highest BCUT2D eigenvalue weighted by molar-refractivity contribution is 6.34. The molecule has 0 saturated carbocycles. The number of nitrogens with one attached hydrogen (secondary N) is 2. The Kier molecular flexibility index (Phi) is 5.27. The second-order valence-corrected chi connectivity index (χ2v) is 6.89. The summed E-state index contributed by atoms with van der Waals surface area (Å²) in [5, 5.41) is 5.57. The maximum atomic E-state index is 12.8. The van der Waals surface area contributed by atoms with Crippen LogP contribution in [0.4, 0.5) is 24.5 Å². The van der Waals surface area contributed by atoms with E-state index in [0.717, 1.165) is 18.2 Å². The van der Waals surface area contributed by atoms with Crippen molar-refractivity contribution in [1.82, 2.24) is 4.98 Å². The fourth-order valence-corrected chi connectivity index (χ4v) is 2.22. The second kappa shape index (κ2) is 6.92. The third kappa shape index (κ3) is 5.35. The van der Waals surface area contributed by atoms with Gasteiger partial charge >= 0.3 is 6.18 Å². The van der Waals surface area contributed by atoms with Gasteiger partial charge in [-0.2, -0.15) is 13.2 Å². The van der Waals surface area contributed by atoms with Crippen LogP contribution in [0.3, 0.4) is 0 Å². The number of halogens is 4. The monoisotopic (exact) mass is 371 g/mol. The smallest absolute Gasteiger partial charge is 0.379 e. The zero-order valence-corrected chi connectivity index (χ0v) is 14.6. The first kappa shape index (κ1) is 19.1. The molecule has 25 heavy (non-hydrogen) atoms. The molecule has 4 nitrogen and oxygen atoms in total. The summed E-state index contributed by atoms with van der Waals surface area (Å²) in [6.07, 6.45) is -1.65. The molecule has 0 aliphatic heterocycles. The fourth-order valence-electron chi connectivity index (χ4n) is 2.06. The highest BCUT2D eigenvalue weighted by Crippen LogP contribution is 2.34. The lowest BCUT2D eigenvalue weighted by Crippen LogP contribution is -2.26. The number of rotatable bonds is 3. The Labute approximate surface area is 148 Å². The van der Waals surface area contributed by atoms with Crippen molar-refractivity contribution in [2.75, 3.05) is 10.6 Å². The van der Waals surface area contributed by atoms with Gasteiger partial charge in [-0.15, -0.1) is 0 Å².